The van der Waals surface area contributed by atoms with Crippen LogP contribution in [0.25, 0.3) is 0 Å². The van der Waals surface area contributed by atoms with Crippen LogP contribution < -0.4 is 5.32 Å². The lowest BCUT2D eigenvalue weighted by Gasteiger charge is -2.14. The van der Waals surface area contributed by atoms with Crippen molar-refractivity contribution in [1.82, 2.24) is 5.32 Å². The Balaban J connectivity index is 2.11. The lowest BCUT2D eigenvalue weighted by Crippen LogP contribution is -2.36. The average Bonchev–Trinajstić information content (AvgIpc) is 2.56. The third kappa shape index (κ3) is 2.70. The van der Waals surface area contributed by atoms with Crippen LogP contribution in [0, 0.1) is 6.92 Å². The quantitative estimate of drug-likeness (QED) is 0.772. The highest BCUT2D eigenvalue weighted by Crippen LogP contribution is 2.14. The van der Waals surface area contributed by atoms with Crippen molar-refractivity contribution >= 4 is 5.78 Å². The molecule has 1 N–H and O–H groups in total. The van der Waals surface area contributed by atoms with Crippen LogP contribution in [0.3, 0.4) is 0 Å². The molecular formula is C14H19NO. The molecule has 2 nitrogen and oxygen atoms in total. The molecule has 1 fully saturated rings. The predicted octanol–water partition coefficient (Wildman–Crippen LogP) is 2.71. The number of carbonyl (C=O) groups excluding carboxylic acids is 1. The molecule has 0 aliphatic carbocycles. The largest absolute Gasteiger partial charge is 0.307 e. The number of hydrogen-bond donors (Lipinski definition) is 1. The predicted molar refractivity (Wildman–Crippen MR) is 65.8 cm³/mol. The summed E-state index contributed by atoms with van der Waals surface area (Å²) in [4.78, 5) is 12.2. The molecule has 1 aliphatic rings. The van der Waals surface area contributed by atoms with Crippen molar-refractivity contribution in [1.29, 1.82) is 0 Å². The number of rotatable bonds is 2. The topological polar surface area (TPSA) is 29.1 Å². The molecule has 16 heavy (non-hydrogen) atoms. The number of benzene rings is 1. The molecule has 1 aromatic carbocycles. The highest BCUT2D eigenvalue weighted by Gasteiger charge is 2.20. The van der Waals surface area contributed by atoms with Crippen LogP contribution in [-0.4, -0.2) is 18.4 Å². The summed E-state index contributed by atoms with van der Waals surface area (Å²) in [5.74, 6) is 0.255. The van der Waals surface area contributed by atoms with Gasteiger partial charge in [0.15, 0.2) is 5.78 Å². The molecule has 1 saturated heterocycles. The summed E-state index contributed by atoms with van der Waals surface area (Å²) >= 11 is 0. The van der Waals surface area contributed by atoms with Crippen molar-refractivity contribution in [3.8, 4) is 0 Å². The van der Waals surface area contributed by atoms with Crippen LogP contribution in [0.1, 0.15) is 41.6 Å². The Labute approximate surface area is 97.1 Å². The van der Waals surface area contributed by atoms with E-state index in [-0.39, 0.29) is 11.8 Å². The zero-order valence-corrected chi connectivity index (χ0v) is 9.83. The molecule has 1 unspecified atom stereocenters. The van der Waals surface area contributed by atoms with Crippen LogP contribution >= 0.6 is 0 Å². The van der Waals surface area contributed by atoms with E-state index in [1.165, 1.54) is 12.8 Å². The maximum atomic E-state index is 12.2. The van der Waals surface area contributed by atoms with Gasteiger partial charge in [0.1, 0.15) is 0 Å². The first-order valence-electron chi connectivity index (χ1n) is 6.11. The zero-order valence-electron chi connectivity index (χ0n) is 9.83. The molecule has 86 valence electrons. The van der Waals surface area contributed by atoms with Gasteiger partial charge in [-0.05, 0) is 32.4 Å². The van der Waals surface area contributed by atoms with Gasteiger partial charge in [-0.1, -0.05) is 36.6 Å². The van der Waals surface area contributed by atoms with Crippen molar-refractivity contribution < 1.29 is 4.79 Å². The Morgan fingerprint density at radius 2 is 2.19 bits per heavy atom. The van der Waals surface area contributed by atoms with Crippen LogP contribution in [0.2, 0.25) is 0 Å². The molecule has 0 saturated carbocycles. The minimum Gasteiger partial charge on any atom is -0.307 e. The lowest BCUT2D eigenvalue weighted by atomic mass is 9.99. The second-order valence-electron chi connectivity index (χ2n) is 4.59. The van der Waals surface area contributed by atoms with E-state index in [9.17, 15) is 4.79 Å². The van der Waals surface area contributed by atoms with E-state index in [4.69, 9.17) is 0 Å². The number of nitrogens with one attached hydrogen (secondary N) is 1. The van der Waals surface area contributed by atoms with Gasteiger partial charge in [0.2, 0.25) is 0 Å². The molecule has 1 aliphatic heterocycles. The molecule has 1 heterocycles. The summed E-state index contributed by atoms with van der Waals surface area (Å²) in [6.45, 7) is 3.00. The summed E-state index contributed by atoms with van der Waals surface area (Å²) < 4.78 is 0. The van der Waals surface area contributed by atoms with Crippen molar-refractivity contribution in [3.05, 3.63) is 35.4 Å². The molecule has 2 rings (SSSR count). The Kier molecular flexibility index (Phi) is 3.73. The second kappa shape index (κ2) is 5.26. The maximum Gasteiger partial charge on any atom is 0.179 e. The van der Waals surface area contributed by atoms with Gasteiger partial charge < -0.3 is 5.32 Å². The molecule has 1 atom stereocenters. The number of aryl methyl sites for hydroxylation is 1. The van der Waals surface area contributed by atoms with Crippen LogP contribution in [-0.2, 0) is 0 Å². The number of Topliss-reactive ketones (excluding diaryl/α,β-unsaturated/α-hetero) is 1. The molecule has 2 heteroatoms. The highest BCUT2D eigenvalue weighted by molar-refractivity contribution is 6.00. The smallest absolute Gasteiger partial charge is 0.179 e. The molecule has 0 amide bonds. The van der Waals surface area contributed by atoms with Gasteiger partial charge in [0.25, 0.3) is 0 Å². The molecule has 0 radical (unpaired) electrons. The molecule has 0 bridgehead atoms. The van der Waals surface area contributed by atoms with Crippen molar-refractivity contribution in [3.63, 3.8) is 0 Å². The first kappa shape index (κ1) is 11.3. The summed E-state index contributed by atoms with van der Waals surface area (Å²) in [6, 6.07) is 7.91. The Morgan fingerprint density at radius 1 is 1.31 bits per heavy atom. The summed E-state index contributed by atoms with van der Waals surface area (Å²) in [5.41, 5.74) is 2.00. The van der Waals surface area contributed by atoms with Gasteiger partial charge in [-0.15, -0.1) is 0 Å². The standard InChI is InChI=1S/C14H19NO/c1-11-6-5-7-12(10-11)14(16)13-8-3-2-4-9-15-13/h5-7,10,13,15H,2-4,8-9H2,1H3. The SMILES string of the molecule is Cc1cccc(C(=O)C2CCCCCN2)c1. The third-order valence-electron chi connectivity index (χ3n) is 3.18. The number of carbonyl (C=O) groups is 1. The van der Waals surface area contributed by atoms with Crippen LogP contribution in [0.5, 0.6) is 0 Å². The normalized spacial score (nSPS) is 21.4. The van der Waals surface area contributed by atoms with Crippen molar-refractivity contribution in [2.45, 2.75) is 38.6 Å². The first-order chi connectivity index (χ1) is 7.77. The Morgan fingerprint density at radius 3 is 3.00 bits per heavy atom. The van der Waals surface area contributed by atoms with Crippen LogP contribution in [0.15, 0.2) is 24.3 Å². The van der Waals surface area contributed by atoms with E-state index in [0.29, 0.717) is 0 Å². The minimum absolute atomic E-state index is 0.0318. The van der Waals surface area contributed by atoms with Crippen molar-refractivity contribution in [2.75, 3.05) is 6.54 Å². The zero-order chi connectivity index (χ0) is 11.4. The number of hydrogen-bond acceptors (Lipinski definition) is 2. The number of ketones is 1. The first-order valence-corrected chi connectivity index (χ1v) is 6.11. The fourth-order valence-electron chi connectivity index (χ4n) is 2.25. The Hall–Kier alpha value is -1.15. The minimum atomic E-state index is 0.0318. The monoisotopic (exact) mass is 217 g/mol. The van der Waals surface area contributed by atoms with E-state index in [2.05, 4.69) is 5.32 Å². The van der Waals surface area contributed by atoms with Gasteiger partial charge in [-0.25, -0.2) is 0 Å². The van der Waals surface area contributed by atoms with Gasteiger partial charge in [0.05, 0.1) is 6.04 Å². The summed E-state index contributed by atoms with van der Waals surface area (Å²) in [7, 11) is 0. The van der Waals surface area contributed by atoms with E-state index < -0.39 is 0 Å². The van der Waals surface area contributed by atoms with Crippen molar-refractivity contribution in [2.24, 2.45) is 0 Å². The van der Waals surface area contributed by atoms with E-state index >= 15 is 0 Å². The average molecular weight is 217 g/mol. The molecule has 1 aromatic rings. The maximum absolute atomic E-state index is 12.2. The fraction of sp³-hybridized carbons (Fsp3) is 0.500. The van der Waals surface area contributed by atoms with E-state index in [0.717, 1.165) is 30.5 Å². The Bertz CT molecular complexity index is 365. The molecule has 0 spiro atoms. The second-order valence-corrected chi connectivity index (χ2v) is 4.59. The molecule has 0 aromatic heterocycles. The highest BCUT2D eigenvalue weighted by atomic mass is 16.1. The summed E-state index contributed by atoms with van der Waals surface area (Å²) in [6.07, 6.45) is 4.57. The van der Waals surface area contributed by atoms with Crippen LogP contribution in [0.4, 0.5) is 0 Å². The molecular weight excluding hydrogens is 198 g/mol. The van der Waals surface area contributed by atoms with Gasteiger partial charge in [-0.3, -0.25) is 4.79 Å². The van der Waals surface area contributed by atoms with E-state index in [1.807, 2.05) is 31.2 Å². The fourth-order valence-corrected chi connectivity index (χ4v) is 2.25. The van der Waals surface area contributed by atoms with Gasteiger partial charge in [-0.2, -0.15) is 0 Å². The lowest BCUT2D eigenvalue weighted by molar-refractivity contribution is 0.0940. The van der Waals surface area contributed by atoms with Gasteiger partial charge in [0, 0.05) is 5.56 Å². The van der Waals surface area contributed by atoms with E-state index in [1.54, 1.807) is 0 Å². The summed E-state index contributed by atoms with van der Waals surface area (Å²) in [5, 5.41) is 3.35. The third-order valence-corrected chi connectivity index (χ3v) is 3.18. The van der Waals surface area contributed by atoms with Gasteiger partial charge >= 0.3 is 0 Å².